The Morgan fingerprint density at radius 3 is 2.55 bits per heavy atom. The number of halogens is 1. The molecule has 1 aromatic rings. The summed E-state index contributed by atoms with van der Waals surface area (Å²) in [4.78, 5) is 27.1. The highest BCUT2D eigenvalue weighted by Gasteiger charge is 2.17. The van der Waals surface area contributed by atoms with Gasteiger partial charge < -0.3 is 10.4 Å². The quantitative estimate of drug-likeness (QED) is 0.791. The van der Waals surface area contributed by atoms with Crippen LogP contribution >= 0.6 is 11.6 Å². The molecule has 5 nitrogen and oxygen atoms in total. The molecule has 20 heavy (non-hydrogen) atoms. The van der Waals surface area contributed by atoms with E-state index >= 15 is 0 Å². The maximum atomic E-state index is 12.0. The molecule has 1 aromatic heterocycles. The molecule has 1 heterocycles. The van der Waals surface area contributed by atoms with Gasteiger partial charge in [-0.15, -0.1) is 0 Å². The van der Waals surface area contributed by atoms with Crippen LogP contribution in [0.15, 0.2) is 12.1 Å². The fraction of sp³-hybridized carbons (Fsp3) is 0.500. The van der Waals surface area contributed by atoms with Gasteiger partial charge in [-0.2, -0.15) is 0 Å². The van der Waals surface area contributed by atoms with Crippen LogP contribution in [0, 0.1) is 5.92 Å². The lowest BCUT2D eigenvalue weighted by Gasteiger charge is -2.12. The molecule has 0 aliphatic carbocycles. The van der Waals surface area contributed by atoms with E-state index < -0.39 is 11.9 Å². The van der Waals surface area contributed by atoms with Crippen LogP contribution in [0.1, 0.15) is 49.2 Å². The summed E-state index contributed by atoms with van der Waals surface area (Å²) < 4.78 is 0. The molecule has 1 atom stereocenters. The Balaban J connectivity index is 2.80. The first-order chi connectivity index (χ1) is 9.35. The number of carboxylic acid groups (broad SMARTS) is 1. The van der Waals surface area contributed by atoms with Crippen molar-refractivity contribution in [2.24, 2.45) is 5.92 Å². The summed E-state index contributed by atoms with van der Waals surface area (Å²) in [5.41, 5.74) is 1.13. The molecular formula is C14H19ClN2O3. The van der Waals surface area contributed by atoms with Gasteiger partial charge in [-0.05, 0) is 24.5 Å². The van der Waals surface area contributed by atoms with Crippen molar-refractivity contribution < 1.29 is 14.7 Å². The van der Waals surface area contributed by atoms with Gasteiger partial charge in [0.05, 0.1) is 5.92 Å². The summed E-state index contributed by atoms with van der Waals surface area (Å²) >= 11 is 5.89. The zero-order chi connectivity index (χ0) is 15.3. The summed E-state index contributed by atoms with van der Waals surface area (Å²) in [6.45, 7) is 5.78. The number of carbonyl (C=O) groups is 2. The molecule has 0 saturated carbocycles. The fourth-order valence-corrected chi connectivity index (χ4v) is 1.88. The van der Waals surface area contributed by atoms with Crippen LogP contribution in [0.25, 0.3) is 0 Å². The van der Waals surface area contributed by atoms with E-state index in [0.717, 1.165) is 5.69 Å². The first-order valence-corrected chi connectivity index (χ1v) is 6.91. The van der Waals surface area contributed by atoms with Crippen molar-refractivity contribution in [1.82, 2.24) is 10.3 Å². The largest absolute Gasteiger partial charge is 0.481 e. The highest BCUT2D eigenvalue weighted by atomic mass is 35.5. The molecule has 0 aromatic carbocycles. The Bertz CT molecular complexity index is 503. The van der Waals surface area contributed by atoms with Crippen molar-refractivity contribution in [1.29, 1.82) is 0 Å². The molecule has 1 amide bonds. The highest BCUT2D eigenvalue weighted by molar-refractivity contribution is 6.29. The molecule has 0 aliphatic heterocycles. The van der Waals surface area contributed by atoms with E-state index in [1.165, 1.54) is 6.07 Å². The van der Waals surface area contributed by atoms with E-state index in [-0.39, 0.29) is 23.5 Å². The van der Waals surface area contributed by atoms with Gasteiger partial charge >= 0.3 is 5.97 Å². The van der Waals surface area contributed by atoms with Crippen LogP contribution < -0.4 is 5.32 Å². The number of aromatic nitrogens is 1. The third-order valence-corrected chi connectivity index (χ3v) is 3.21. The first-order valence-electron chi connectivity index (χ1n) is 6.53. The fourth-order valence-electron chi connectivity index (χ4n) is 1.67. The molecule has 0 fully saturated rings. The van der Waals surface area contributed by atoms with E-state index in [1.54, 1.807) is 13.0 Å². The Hall–Kier alpha value is -1.62. The van der Waals surface area contributed by atoms with Crippen molar-refractivity contribution in [3.63, 3.8) is 0 Å². The second-order valence-corrected chi connectivity index (χ2v) is 5.30. The summed E-state index contributed by atoms with van der Waals surface area (Å²) in [6.07, 6.45) is 0.462. The SMILES string of the molecule is CCC(CNC(=O)c1cc(Cl)nc(C(C)C)c1)C(=O)O. The lowest BCUT2D eigenvalue weighted by Crippen LogP contribution is -2.32. The lowest BCUT2D eigenvalue weighted by atomic mass is 10.1. The molecule has 0 aliphatic rings. The Morgan fingerprint density at radius 2 is 2.05 bits per heavy atom. The van der Waals surface area contributed by atoms with E-state index in [4.69, 9.17) is 16.7 Å². The number of amides is 1. The van der Waals surface area contributed by atoms with Gasteiger partial charge in [0.15, 0.2) is 0 Å². The maximum Gasteiger partial charge on any atom is 0.308 e. The van der Waals surface area contributed by atoms with Crippen molar-refractivity contribution in [3.05, 3.63) is 28.5 Å². The van der Waals surface area contributed by atoms with Gasteiger partial charge in [0.2, 0.25) is 0 Å². The molecule has 2 N–H and O–H groups in total. The van der Waals surface area contributed by atoms with E-state index in [1.807, 2.05) is 13.8 Å². The zero-order valence-electron chi connectivity index (χ0n) is 11.8. The standard InChI is InChI=1S/C14H19ClN2O3/c1-4-9(14(19)20)7-16-13(18)10-5-11(8(2)3)17-12(15)6-10/h5-6,8-9H,4,7H2,1-3H3,(H,16,18)(H,19,20). The van der Waals surface area contributed by atoms with Gasteiger partial charge in [0.1, 0.15) is 5.15 Å². The minimum Gasteiger partial charge on any atom is -0.481 e. The van der Waals surface area contributed by atoms with Crippen molar-refractivity contribution in [2.45, 2.75) is 33.1 Å². The second-order valence-electron chi connectivity index (χ2n) is 4.91. The molecule has 0 bridgehead atoms. The number of nitrogens with zero attached hydrogens (tertiary/aromatic N) is 1. The van der Waals surface area contributed by atoms with Gasteiger partial charge in [-0.3, -0.25) is 9.59 Å². The molecule has 1 rings (SSSR count). The van der Waals surface area contributed by atoms with Crippen LogP contribution in [-0.2, 0) is 4.79 Å². The van der Waals surface area contributed by atoms with Crippen molar-refractivity contribution in [2.75, 3.05) is 6.54 Å². The molecule has 1 unspecified atom stereocenters. The Labute approximate surface area is 123 Å². The average molecular weight is 299 g/mol. The van der Waals surface area contributed by atoms with E-state index in [9.17, 15) is 9.59 Å². The third kappa shape index (κ3) is 4.49. The number of rotatable bonds is 6. The second kappa shape index (κ2) is 7.24. The summed E-state index contributed by atoms with van der Waals surface area (Å²) in [5.74, 6) is -1.68. The van der Waals surface area contributed by atoms with Gasteiger partial charge in [0, 0.05) is 17.8 Å². The molecule has 0 radical (unpaired) electrons. The number of carbonyl (C=O) groups excluding carboxylic acids is 1. The van der Waals surface area contributed by atoms with E-state index in [2.05, 4.69) is 10.3 Å². The Morgan fingerprint density at radius 1 is 1.40 bits per heavy atom. The van der Waals surface area contributed by atoms with Gasteiger partial charge in [0.25, 0.3) is 5.91 Å². The minimum atomic E-state index is -0.913. The normalized spacial score (nSPS) is 12.2. The monoisotopic (exact) mass is 298 g/mol. The first kappa shape index (κ1) is 16.4. The third-order valence-electron chi connectivity index (χ3n) is 3.02. The molecule has 0 spiro atoms. The predicted molar refractivity (Wildman–Crippen MR) is 77.1 cm³/mol. The number of carboxylic acids is 1. The predicted octanol–water partition coefficient (Wildman–Crippen LogP) is 2.70. The minimum absolute atomic E-state index is 0.0988. The van der Waals surface area contributed by atoms with Crippen molar-refractivity contribution >= 4 is 23.5 Å². The zero-order valence-corrected chi connectivity index (χ0v) is 12.6. The number of hydrogen-bond donors (Lipinski definition) is 2. The van der Waals surface area contributed by atoms with Gasteiger partial charge in [-0.1, -0.05) is 32.4 Å². The molecule has 6 heteroatoms. The lowest BCUT2D eigenvalue weighted by molar-refractivity contribution is -0.141. The van der Waals surface area contributed by atoms with Crippen LogP contribution in [0.3, 0.4) is 0 Å². The number of aliphatic carboxylic acids is 1. The smallest absolute Gasteiger partial charge is 0.308 e. The average Bonchev–Trinajstić information content (AvgIpc) is 2.37. The molecule has 110 valence electrons. The van der Waals surface area contributed by atoms with Crippen molar-refractivity contribution in [3.8, 4) is 0 Å². The van der Waals surface area contributed by atoms with Crippen LogP contribution in [0.2, 0.25) is 5.15 Å². The molecular weight excluding hydrogens is 280 g/mol. The van der Waals surface area contributed by atoms with E-state index in [0.29, 0.717) is 12.0 Å². The van der Waals surface area contributed by atoms with Crippen LogP contribution in [-0.4, -0.2) is 28.5 Å². The number of hydrogen-bond acceptors (Lipinski definition) is 3. The highest BCUT2D eigenvalue weighted by Crippen LogP contribution is 2.17. The molecule has 0 saturated heterocycles. The van der Waals surface area contributed by atoms with Crippen LogP contribution in [0.5, 0.6) is 0 Å². The Kier molecular flexibility index (Phi) is 5.95. The summed E-state index contributed by atoms with van der Waals surface area (Å²) in [7, 11) is 0. The summed E-state index contributed by atoms with van der Waals surface area (Å²) in [6, 6.07) is 3.15. The van der Waals surface area contributed by atoms with Gasteiger partial charge in [-0.25, -0.2) is 4.98 Å². The number of pyridine rings is 1. The topological polar surface area (TPSA) is 79.3 Å². The number of nitrogens with one attached hydrogen (secondary N) is 1. The summed E-state index contributed by atoms with van der Waals surface area (Å²) in [5, 5.41) is 11.8. The van der Waals surface area contributed by atoms with Crippen LogP contribution in [0.4, 0.5) is 0 Å². The maximum absolute atomic E-state index is 12.0.